The van der Waals surface area contributed by atoms with E-state index in [2.05, 4.69) is 28.2 Å². The molecule has 0 aliphatic heterocycles. The van der Waals surface area contributed by atoms with Crippen molar-refractivity contribution in [2.75, 3.05) is 33.4 Å². The fourth-order valence-corrected chi connectivity index (χ4v) is 1.94. The zero-order valence-corrected chi connectivity index (χ0v) is 12.7. The van der Waals surface area contributed by atoms with E-state index < -0.39 is 0 Å². The Morgan fingerprint density at radius 1 is 1.33 bits per heavy atom. The van der Waals surface area contributed by atoms with E-state index >= 15 is 0 Å². The topological polar surface area (TPSA) is 30.5 Å². The van der Waals surface area contributed by atoms with Gasteiger partial charge in [0.25, 0.3) is 0 Å². The summed E-state index contributed by atoms with van der Waals surface area (Å²) >= 11 is 3.43. The molecule has 1 unspecified atom stereocenters. The molecule has 0 aromatic heterocycles. The summed E-state index contributed by atoms with van der Waals surface area (Å²) in [5.74, 6) is 1.53. The van der Waals surface area contributed by atoms with Gasteiger partial charge in [-0.05, 0) is 37.1 Å². The number of ether oxygens (including phenoxy) is 2. The van der Waals surface area contributed by atoms with Crippen molar-refractivity contribution in [2.45, 2.75) is 13.3 Å². The molecule has 0 heterocycles. The molecular weight excluding hydrogens is 294 g/mol. The highest BCUT2D eigenvalue weighted by molar-refractivity contribution is 9.10. The zero-order valence-electron chi connectivity index (χ0n) is 11.1. The highest BCUT2D eigenvalue weighted by Crippen LogP contribution is 2.18. The molecule has 18 heavy (non-hydrogen) atoms. The largest absolute Gasteiger partial charge is 0.494 e. The Labute approximate surface area is 118 Å². The van der Waals surface area contributed by atoms with Crippen molar-refractivity contribution in [3.05, 3.63) is 28.7 Å². The van der Waals surface area contributed by atoms with Crippen molar-refractivity contribution in [1.29, 1.82) is 0 Å². The minimum absolute atomic E-state index is 0.606. The van der Waals surface area contributed by atoms with Crippen LogP contribution in [0.3, 0.4) is 0 Å². The van der Waals surface area contributed by atoms with Crippen molar-refractivity contribution >= 4 is 15.9 Å². The first kappa shape index (κ1) is 15.5. The molecule has 1 aromatic carbocycles. The molecule has 0 aliphatic carbocycles. The van der Waals surface area contributed by atoms with Crippen LogP contribution >= 0.6 is 15.9 Å². The minimum Gasteiger partial charge on any atom is -0.494 e. The molecule has 0 aliphatic rings. The average molecular weight is 316 g/mol. The van der Waals surface area contributed by atoms with E-state index in [0.29, 0.717) is 5.92 Å². The van der Waals surface area contributed by atoms with Crippen molar-refractivity contribution in [2.24, 2.45) is 5.92 Å². The molecule has 1 N–H and O–H groups in total. The van der Waals surface area contributed by atoms with Gasteiger partial charge in [-0.25, -0.2) is 0 Å². The SMILES string of the molecule is COCCNCC(C)CCOc1cccc(Br)c1. The smallest absolute Gasteiger partial charge is 0.120 e. The summed E-state index contributed by atoms with van der Waals surface area (Å²) in [6.45, 7) is 5.66. The quantitative estimate of drug-likeness (QED) is 0.710. The number of hydrogen-bond donors (Lipinski definition) is 1. The van der Waals surface area contributed by atoms with Crippen molar-refractivity contribution in [1.82, 2.24) is 5.32 Å². The van der Waals surface area contributed by atoms with E-state index in [4.69, 9.17) is 9.47 Å². The van der Waals surface area contributed by atoms with E-state index in [9.17, 15) is 0 Å². The Morgan fingerprint density at radius 2 is 2.17 bits per heavy atom. The van der Waals surface area contributed by atoms with Crippen molar-refractivity contribution in [3.8, 4) is 5.75 Å². The van der Waals surface area contributed by atoms with E-state index in [0.717, 1.165) is 42.9 Å². The lowest BCUT2D eigenvalue weighted by atomic mass is 10.1. The summed E-state index contributed by atoms with van der Waals surface area (Å²) < 4.78 is 11.7. The Morgan fingerprint density at radius 3 is 2.89 bits per heavy atom. The van der Waals surface area contributed by atoms with E-state index in [1.54, 1.807) is 7.11 Å². The third-order valence-electron chi connectivity index (χ3n) is 2.65. The Hall–Kier alpha value is -0.580. The second kappa shape index (κ2) is 9.36. The van der Waals surface area contributed by atoms with Crippen LogP contribution in [0.4, 0.5) is 0 Å². The maximum atomic E-state index is 5.70. The highest BCUT2D eigenvalue weighted by atomic mass is 79.9. The van der Waals surface area contributed by atoms with Crippen LogP contribution in [-0.2, 0) is 4.74 Å². The Kier molecular flexibility index (Phi) is 8.05. The van der Waals surface area contributed by atoms with Gasteiger partial charge in [-0.15, -0.1) is 0 Å². The lowest BCUT2D eigenvalue weighted by Gasteiger charge is -2.13. The molecule has 3 nitrogen and oxygen atoms in total. The van der Waals surface area contributed by atoms with Gasteiger partial charge >= 0.3 is 0 Å². The van der Waals surface area contributed by atoms with Crippen LogP contribution in [0.2, 0.25) is 0 Å². The summed E-state index contributed by atoms with van der Waals surface area (Å²) in [5.41, 5.74) is 0. The van der Waals surface area contributed by atoms with Gasteiger partial charge in [0.15, 0.2) is 0 Å². The molecule has 0 fully saturated rings. The summed E-state index contributed by atoms with van der Waals surface area (Å²) in [7, 11) is 1.72. The van der Waals surface area contributed by atoms with Crippen LogP contribution in [0.15, 0.2) is 28.7 Å². The van der Waals surface area contributed by atoms with E-state index in [1.165, 1.54) is 0 Å². The molecule has 0 spiro atoms. The zero-order chi connectivity index (χ0) is 13.2. The number of benzene rings is 1. The lowest BCUT2D eigenvalue weighted by Crippen LogP contribution is -2.25. The Balaban J connectivity index is 2.09. The van der Waals surface area contributed by atoms with Crippen LogP contribution < -0.4 is 10.1 Å². The Bertz CT molecular complexity index is 333. The number of rotatable bonds is 9. The summed E-state index contributed by atoms with van der Waals surface area (Å²) in [5, 5.41) is 3.36. The summed E-state index contributed by atoms with van der Waals surface area (Å²) in [6, 6.07) is 7.94. The normalized spacial score (nSPS) is 12.4. The van der Waals surface area contributed by atoms with Gasteiger partial charge in [-0.2, -0.15) is 0 Å². The standard InChI is InChI=1S/C14H22BrNO2/c1-12(11-16-7-9-17-2)6-8-18-14-5-3-4-13(15)10-14/h3-5,10,12,16H,6-9,11H2,1-2H3. The number of hydrogen-bond acceptors (Lipinski definition) is 3. The fraction of sp³-hybridized carbons (Fsp3) is 0.571. The molecule has 102 valence electrons. The molecule has 1 aromatic rings. The predicted molar refractivity (Wildman–Crippen MR) is 78.2 cm³/mol. The first-order chi connectivity index (χ1) is 8.72. The average Bonchev–Trinajstić information content (AvgIpc) is 2.35. The number of methoxy groups -OCH3 is 1. The molecule has 1 atom stereocenters. The van der Waals surface area contributed by atoms with Gasteiger partial charge in [0.05, 0.1) is 13.2 Å². The van der Waals surface area contributed by atoms with Gasteiger partial charge in [0.1, 0.15) is 5.75 Å². The third-order valence-corrected chi connectivity index (χ3v) is 3.14. The second-order valence-corrected chi connectivity index (χ2v) is 5.31. The molecular formula is C14H22BrNO2. The molecule has 0 radical (unpaired) electrons. The first-order valence-corrected chi connectivity index (χ1v) is 7.09. The maximum Gasteiger partial charge on any atom is 0.120 e. The van der Waals surface area contributed by atoms with Crippen LogP contribution in [0.1, 0.15) is 13.3 Å². The molecule has 0 bridgehead atoms. The minimum atomic E-state index is 0.606. The van der Waals surface area contributed by atoms with E-state index in [-0.39, 0.29) is 0 Å². The molecule has 1 rings (SSSR count). The van der Waals surface area contributed by atoms with Crippen LogP contribution in [-0.4, -0.2) is 33.4 Å². The number of halogens is 1. The molecule has 0 amide bonds. The number of nitrogens with one attached hydrogen (secondary N) is 1. The highest BCUT2D eigenvalue weighted by Gasteiger charge is 2.02. The first-order valence-electron chi connectivity index (χ1n) is 6.30. The molecule has 4 heteroatoms. The van der Waals surface area contributed by atoms with Crippen LogP contribution in [0.5, 0.6) is 5.75 Å². The van der Waals surface area contributed by atoms with Gasteiger partial charge < -0.3 is 14.8 Å². The second-order valence-electron chi connectivity index (χ2n) is 4.40. The lowest BCUT2D eigenvalue weighted by molar-refractivity contribution is 0.197. The predicted octanol–water partition coefficient (Wildman–Crippen LogP) is 3.09. The monoisotopic (exact) mass is 315 g/mol. The molecule has 0 saturated carbocycles. The van der Waals surface area contributed by atoms with Gasteiger partial charge in [-0.1, -0.05) is 28.9 Å². The van der Waals surface area contributed by atoms with Crippen LogP contribution in [0.25, 0.3) is 0 Å². The van der Waals surface area contributed by atoms with Crippen LogP contribution in [0, 0.1) is 5.92 Å². The maximum absolute atomic E-state index is 5.70. The van der Waals surface area contributed by atoms with Crippen molar-refractivity contribution < 1.29 is 9.47 Å². The third kappa shape index (κ3) is 6.99. The summed E-state index contributed by atoms with van der Waals surface area (Å²) in [4.78, 5) is 0. The fourth-order valence-electron chi connectivity index (χ4n) is 1.56. The van der Waals surface area contributed by atoms with E-state index in [1.807, 2.05) is 24.3 Å². The van der Waals surface area contributed by atoms with Gasteiger partial charge in [0, 0.05) is 18.1 Å². The van der Waals surface area contributed by atoms with Crippen molar-refractivity contribution in [3.63, 3.8) is 0 Å². The van der Waals surface area contributed by atoms with Gasteiger partial charge in [0.2, 0.25) is 0 Å². The summed E-state index contributed by atoms with van der Waals surface area (Å²) in [6.07, 6.45) is 1.05. The van der Waals surface area contributed by atoms with Gasteiger partial charge in [-0.3, -0.25) is 0 Å². The molecule has 0 saturated heterocycles.